The van der Waals surface area contributed by atoms with Crippen molar-refractivity contribution in [3.05, 3.63) is 30.1 Å². The van der Waals surface area contributed by atoms with Crippen molar-refractivity contribution in [1.29, 1.82) is 0 Å². The highest BCUT2D eigenvalue weighted by Crippen LogP contribution is 2.23. The largest absolute Gasteiger partial charge is 0.478 e. The van der Waals surface area contributed by atoms with Crippen molar-refractivity contribution < 1.29 is 9.90 Å². The fraction of sp³-hybridized carbons (Fsp3) is 0.385. The van der Waals surface area contributed by atoms with Gasteiger partial charge >= 0.3 is 5.97 Å². The number of imidazole rings is 1. The molecule has 1 aromatic heterocycles. The second-order valence-corrected chi connectivity index (χ2v) is 4.65. The van der Waals surface area contributed by atoms with E-state index in [0.717, 1.165) is 11.0 Å². The Morgan fingerprint density at radius 2 is 2.06 bits per heavy atom. The molecule has 1 aromatic carbocycles. The van der Waals surface area contributed by atoms with Gasteiger partial charge in [0.2, 0.25) is 0 Å². The molecule has 0 radical (unpaired) electrons. The quantitative estimate of drug-likeness (QED) is 0.885. The lowest BCUT2D eigenvalue weighted by molar-refractivity contribution is 0.0697. The van der Waals surface area contributed by atoms with Crippen molar-refractivity contribution in [2.24, 2.45) is 5.92 Å². The number of hydrogen-bond donors (Lipinski definition) is 1. The molecule has 1 heterocycles. The van der Waals surface area contributed by atoms with Crippen LogP contribution in [0.25, 0.3) is 11.0 Å². The van der Waals surface area contributed by atoms with E-state index in [1.165, 1.54) is 0 Å². The maximum atomic E-state index is 11.0. The van der Waals surface area contributed by atoms with E-state index in [9.17, 15) is 4.79 Å². The molecule has 0 spiro atoms. The summed E-state index contributed by atoms with van der Waals surface area (Å²) in [5.41, 5.74) is 2.02. The number of fused-ring (bicyclic) bond motifs is 1. The summed E-state index contributed by atoms with van der Waals surface area (Å²) in [6.07, 6.45) is 1.78. The molecule has 0 fully saturated rings. The standard InChI is InChI=1S/C13H16N2O2/c1-8(2)9(3)15-7-14-11-5-4-10(13(16)17)6-12(11)15/h4-9H,1-3H3,(H,16,17). The fourth-order valence-electron chi connectivity index (χ4n) is 1.80. The number of carboxylic acid groups (broad SMARTS) is 1. The lowest BCUT2D eigenvalue weighted by atomic mass is 10.1. The van der Waals surface area contributed by atoms with Gasteiger partial charge in [0.15, 0.2) is 0 Å². The molecular formula is C13H16N2O2. The maximum absolute atomic E-state index is 11.0. The number of hydrogen-bond acceptors (Lipinski definition) is 2. The van der Waals surface area contributed by atoms with Gasteiger partial charge in [-0.15, -0.1) is 0 Å². The first kappa shape index (κ1) is 11.6. The Balaban J connectivity index is 2.57. The Morgan fingerprint density at radius 1 is 1.35 bits per heavy atom. The molecule has 4 nitrogen and oxygen atoms in total. The number of carboxylic acids is 1. The van der Waals surface area contributed by atoms with Crippen molar-refractivity contribution in [3.8, 4) is 0 Å². The van der Waals surface area contributed by atoms with Gasteiger partial charge < -0.3 is 9.67 Å². The monoisotopic (exact) mass is 232 g/mol. The minimum absolute atomic E-state index is 0.295. The first-order valence-corrected chi connectivity index (χ1v) is 5.70. The predicted octanol–water partition coefficient (Wildman–Crippen LogP) is 2.95. The Morgan fingerprint density at radius 3 is 2.65 bits per heavy atom. The summed E-state index contributed by atoms with van der Waals surface area (Å²) >= 11 is 0. The SMILES string of the molecule is CC(C)C(C)n1cnc2ccc(C(=O)O)cc21. The minimum Gasteiger partial charge on any atom is -0.478 e. The fourth-order valence-corrected chi connectivity index (χ4v) is 1.80. The molecule has 4 heteroatoms. The van der Waals surface area contributed by atoms with Crippen LogP contribution in [0.1, 0.15) is 37.2 Å². The van der Waals surface area contributed by atoms with Crippen molar-refractivity contribution >= 4 is 17.0 Å². The second kappa shape index (κ2) is 4.20. The molecule has 0 aliphatic carbocycles. The molecule has 0 amide bonds. The molecule has 1 atom stereocenters. The molecule has 1 N–H and O–H groups in total. The molecule has 0 aliphatic heterocycles. The average molecular weight is 232 g/mol. The number of benzene rings is 1. The first-order valence-electron chi connectivity index (χ1n) is 5.70. The van der Waals surface area contributed by atoms with Crippen LogP contribution in [-0.2, 0) is 0 Å². The highest BCUT2D eigenvalue weighted by atomic mass is 16.4. The number of aromatic carboxylic acids is 1. The molecule has 0 saturated heterocycles. The zero-order chi connectivity index (χ0) is 12.6. The average Bonchev–Trinajstić information content (AvgIpc) is 2.70. The third kappa shape index (κ3) is 2.02. The Labute approximate surface area is 99.9 Å². The van der Waals surface area contributed by atoms with E-state index in [1.807, 2.05) is 4.57 Å². The maximum Gasteiger partial charge on any atom is 0.335 e. The normalized spacial score (nSPS) is 13.2. The van der Waals surface area contributed by atoms with E-state index in [4.69, 9.17) is 5.11 Å². The third-order valence-electron chi connectivity index (χ3n) is 3.23. The summed E-state index contributed by atoms with van der Waals surface area (Å²) in [6, 6.07) is 5.32. The number of rotatable bonds is 3. The van der Waals surface area contributed by atoms with E-state index in [2.05, 4.69) is 25.8 Å². The number of nitrogens with zero attached hydrogens (tertiary/aromatic N) is 2. The van der Waals surface area contributed by atoms with Crippen LogP contribution in [-0.4, -0.2) is 20.6 Å². The molecule has 90 valence electrons. The van der Waals surface area contributed by atoms with E-state index < -0.39 is 5.97 Å². The van der Waals surface area contributed by atoms with E-state index in [-0.39, 0.29) is 0 Å². The van der Waals surface area contributed by atoms with Crippen LogP contribution in [0.15, 0.2) is 24.5 Å². The molecule has 2 aromatic rings. The summed E-state index contributed by atoms with van der Waals surface area (Å²) in [4.78, 5) is 15.2. The van der Waals surface area contributed by atoms with Gasteiger partial charge in [-0.3, -0.25) is 0 Å². The minimum atomic E-state index is -0.906. The Bertz CT molecular complexity index is 558. The van der Waals surface area contributed by atoms with Gasteiger partial charge in [0.25, 0.3) is 0 Å². The molecule has 17 heavy (non-hydrogen) atoms. The summed E-state index contributed by atoms with van der Waals surface area (Å²) in [5, 5.41) is 8.99. The highest BCUT2D eigenvalue weighted by Gasteiger charge is 2.14. The van der Waals surface area contributed by atoms with Gasteiger partial charge in [-0.05, 0) is 31.0 Å². The van der Waals surface area contributed by atoms with Crippen molar-refractivity contribution in [2.45, 2.75) is 26.8 Å². The van der Waals surface area contributed by atoms with Crippen LogP contribution in [0.5, 0.6) is 0 Å². The van der Waals surface area contributed by atoms with Crippen LogP contribution >= 0.6 is 0 Å². The number of carbonyl (C=O) groups is 1. The van der Waals surface area contributed by atoms with Crippen LogP contribution < -0.4 is 0 Å². The summed E-state index contributed by atoms with van der Waals surface area (Å²) in [6.45, 7) is 6.38. The summed E-state index contributed by atoms with van der Waals surface area (Å²) in [5.74, 6) is -0.433. The Hall–Kier alpha value is -1.84. The van der Waals surface area contributed by atoms with Crippen LogP contribution in [0.3, 0.4) is 0 Å². The smallest absolute Gasteiger partial charge is 0.335 e. The molecule has 0 aliphatic rings. The molecule has 0 bridgehead atoms. The van der Waals surface area contributed by atoms with Gasteiger partial charge in [-0.25, -0.2) is 9.78 Å². The van der Waals surface area contributed by atoms with Gasteiger partial charge in [0.1, 0.15) is 0 Å². The van der Waals surface area contributed by atoms with Gasteiger partial charge in [0.05, 0.1) is 22.9 Å². The van der Waals surface area contributed by atoms with E-state index >= 15 is 0 Å². The molecule has 1 unspecified atom stereocenters. The van der Waals surface area contributed by atoms with Gasteiger partial charge in [0, 0.05) is 6.04 Å². The lowest BCUT2D eigenvalue weighted by Gasteiger charge is -2.18. The van der Waals surface area contributed by atoms with Gasteiger partial charge in [-0.1, -0.05) is 13.8 Å². The van der Waals surface area contributed by atoms with Crippen molar-refractivity contribution in [2.75, 3.05) is 0 Å². The first-order chi connectivity index (χ1) is 8.00. The molecular weight excluding hydrogens is 216 g/mol. The topological polar surface area (TPSA) is 55.1 Å². The molecule has 2 rings (SSSR count). The summed E-state index contributed by atoms with van der Waals surface area (Å²) < 4.78 is 2.03. The van der Waals surface area contributed by atoms with Crippen molar-refractivity contribution in [3.63, 3.8) is 0 Å². The highest BCUT2D eigenvalue weighted by molar-refractivity contribution is 5.92. The molecule has 0 saturated carbocycles. The number of aromatic nitrogens is 2. The van der Waals surface area contributed by atoms with Crippen LogP contribution in [0, 0.1) is 5.92 Å². The Kier molecular flexibility index (Phi) is 2.88. The van der Waals surface area contributed by atoms with Crippen LogP contribution in [0.4, 0.5) is 0 Å². The zero-order valence-electron chi connectivity index (χ0n) is 10.2. The third-order valence-corrected chi connectivity index (χ3v) is 3.23. The van der Waals surface area contributed by atoms with Crippen LogP contribution in [0.2, 0.25) is 0 Å². The van der Waals surface area contributed by atoms with Crippen molar-refractivity contribution in [1.82, 2.24) is 9.55 Å². The second-order valence-electron chi connectivity index (χ2n) is 4.65. The summed E-state index contributed by atoms with van der Waals surface area (Å²) in [7, 11) is 0. The predicted molar refractivity (Wildman–Crippen MR) is 66.2 cm³/mol. The van der Waals surface area contributed by atoms with E-state index in [0.29, 0.717) is 17.5 Å². The lowest BCUT2D eigenvalue weighted by Crippen LogP contribution is -2.10. The van der Waals surface area contributed by atoms with E-state index in [1.54, 1.807) is 24.5 Å². The van der Waals surface area contributed by atoms with Gasteiger partial charge in [-0.2, -0.15) is 0 Å². The zero-order valence-corrected chi connectivity index (χ0v) is 10.2.